The fraction of sp³-hybridized carbons (Fsp3) is 0.333. The molecule has 1 atom stereocenters. The first-order valence-electron chi connectivity index (χ1n) is 6.48. The average molecular weight is 297 g/mol. The van der Waals surface area contributed by atoms with Crippen LogP contribution in [-0.2, 0) is 12.2 Å². The molecule has 2 N–H and O–H groups in total. The Morgan fingerprint density at radius 1 is 1.30 bits per heavy atom. The van der Waals surface area contributed by atoms with E-state index >= 15 is 0 Å². The first kappa shape index (κ1) is 15.1. The molecular weight excluding hydrogens is 280 g/mol. The maximum atomic E-state index is 14.0. The van der Waals surface area contributed by atoms with E-state index in [1.165, 1.54) is 18.4 Å². The summed E-state index contributed by atoms with van der Waals surface area (Å²) in [5, 5.41) is 0. The number of benzene rings is 1. The molecule has 0 radical (unpaired) electrons. The van der Waals surface area contributed by atoms with Gasteiger partial charge in [-0.15, -0.1) is 11.8 Å². The Morgan fingerprint density at radius 2 is 2.00 bits per heavy atom. The largest absolute Gasteiger partial charge is 0.468 e. The van der Waals surface area contributed by atoms with Gasteiger partial charge in [-0.1, -0.05) is 6.92 Å². The molecule has 5 heteroatoms. The van der Waals surface area contributed by atoms with Gasteiger partial charge in [-0.25, -0.2) is 8.78 Å². The second-order valence-electron chi connectivity index (χ2n) is 4.63. The summed E-state index contributed by atoms with van der Waals surface area (Å²) in [6, 6.07) is 6.18. The summed E-state index contributed by atoms with van der Waals surface area (Å²) in [4.78, 5) is 0.0234. The molecule has 0 aliphatic rings. The number of furan rings is 1. The van der Waals surface area contributed by atoms with Crippen LogP contribution in [0.25, 0.3) is 0 Å². The molecule has 1 aromatic carbocycles. The van der Waals surface area contributed by atoms with Crippen LogP contribution in [0.2, 0.25) is 0 Å². The van der Waals surface area contributed by atoms with Crippen LogP contribution in [0.1, 0.15) is 24.7 Å². The Hall–Kier alpha value is -1.33. The monoisotopic (exact) mass is 297 g/mol. The zero-order valence-electron chi connectivity index (χ0n) is 11.2. The van der Waals surface area contributed by atoms with E-state index in [2.05, 4.69) is 0 Å². The lowest BCUT2D eigenvalue weighted by molar-refractivity contribution is 0.526. The van der Waals surface area contributed by atoms with Gasteiger partial charge in [0.1, 0.15) is 17.4 Å². The molecule has 20 heavy (non-hydrogen) atoms. The van der Waals surface area contributed by atoms with Crippen LogP contribution < -0.4 is 5.73 Å². The molecule has 2 aromatic rings. The lowest BCUT2D eigenvalue weighted by atomic mass is 10.0. The molecule has 0 fully saturated rings. The lowest BCUT2D eigenvalue weighted by Crippen LogP contribution is -2.21. The van der Waals surface area contributed by atoms with Crippen molar-refractivity contribution in [2.45, 2.75) is 36.5 Å². The van der Waals surface area contributed by atoms with Gasteiger partial charge >= 0.3 is 0 Å². The number of thioether (sulfide) groups is 1. The van der Waals surface area contributed by atoms with Crippen molar-refractivity contribution in [3.05, 3.63) is 53.5 Å². The minimum Gasteiger partial charge on any atom is -0.468 e. The third-order valence-electron chi connectivity index (χ3n) is 3.02. The van der Waals surface area contributed by atoms with E-state index in [1.807, 2.05) is 6.92 Å². The van der Waals surface area contributed by atoms with Crippen molar-refractivity contribution in [1.82, 2.24) is 0 Å². The molecule has 1 aromatic heterocycles. The first-order chi connectivity index (χ1) is 9.60. The van der Waals surface area contributed by atoms with Crippen molar-refractivity contribution < 1.29 is 13.2 Å². The van der Waals surface area contributed by atoms with Crippen molar-refractivity contribution in [3.8, 4) is 0 Å². The van der Waals surface area contributed by atoms with E-state index in [0.717, 1.165) is 18.2 Å². The summed E-state index contributed by atoms with van der Waals surface area (Å²) >= 11 is 1.09. The van der Waals surface area contributed by atoms with Gasteiger partial charge in [0.25, 0.3) is 0 Å². The molecule has 2 rings (SSSR count). The van der Waals surface area contributed by atoms with Crippen molar-refractivity contribution >= 4 is 11.8 Å². The van der Waals surface area contributed by atoms with Gasteiger partial charge in [0.2, 0.25) is 0 Å². The number of hydrogen-bond acceptors (Lipinski definition) is 3. The number of rotatable bonds is 6. The second kappa shape index (κ2) is 6.90. The van der Waals surface area contributed by atoms with Gasteiger partial charge in [0.05, 0.1) is 16.9 Å². The highest BCUT2D eigenvalue weighted by atomic mass is 32.2. The molecule has 0 saturated heterocycles. The van der Waals surface area contributed by atoms with E-state index in [0.29, 0.717) is 23.5 Å². The van der Waals surface area contributed by atoms with Gasteiger partial charge < -0.3 is 10.2 Å². The van der Waals surface area contributed by atoms with Gasteiger partial charge in [-0.2, -0.15) is 0 Å². The predicted molar refractivity (Wildman–Crippen MR) is 76.6 cm³/mol. The topological polar surface area (TPSA) is 39.2 Å². The standard InChI is InChI=1S/C15H17F2NOS/c1-2-11(18)6-10-7-13(16)15(14(17)8-10)20-9-12-4-3-5-19-12/h3-5,7-8,11H,2,6,9,18H2,1H3. The fourth-order valence-electron chi connectivity index (χ4n) is 1.85. The normalized spacial score (nSPS) is 12.6. The average Bonchev–Trinajstić information content (AvgIpc) is 2.90. The maximum absolute atomic E-state index is 14.0. The summed E-state index contributed by atoms with van der Waals surface area (Å²) in [6.45, 7) is 1.95. The summed E-state index contributed by atoms with van der Waals surface area (Å²) in [6.07, 6.45) is 2.80. The van der Waals surface area contributed by atoms with Crippen molar-refractivity contribution in [3.63, 3.8) is 0 Å². The highest BCUT2D eigenvalue weighted by molar-refractivity contribution is 7.98. The molecule has 1 unspecified atom stereocenters. The molecule has 0 spiro atoms. The first-order valence-corrected chi connectivity index (χ1v) is 7.47. The molecule has 0 saturated carbocycles. The smallest absolute Gasteiger partial charge is 0.140 e. The van der Waals surface area contributed by atoms with Crippen LogP contribution in [0.4, 0.5) is 8.78 Å². The number of hydrogen-bond donors (Lipinski definition) is 1. The van der Waals surface area contributed by atoms with Crippen LogP contribution in [0.5, 0.6) is 0 Å². The third-order valence-corrected chi connectivity index (χ3v) is 4.13. The van der Waals surface area contributed by atoms with Gasteiger partial charge in [0.15, 0.2) is 0 Å². The minimum absolute atomic E-state index is 0.0234. The zero-order chi connectivity index (χ0) is 14.5. The van der Waals surface area contributed by atoms with Crippen molar-refractivity contribution in [2.24, 2.45) is 5.73 Å². The Labute approximate surface area is 121 Å². The van der Waals surface area contributed by atoms with Crippen LogP contribution in [0, 0.1) is 11.6 Å². The summed E-state index contributed by atoms with van der Waals surface area (Å²) in [5.41, 5.74) is 6.40. The zero-order valence-corrected chi connectivity index (χ0v) is 12.1. The molecular formula is C15H17F2NOS. The SMILES string of the molecule is CCC(N)Cc1cc(F)c(SCc2ccco2)c(F)c1. The fourth-order valence-corrected chi connectivity index (χ4v) is 2.70. The number of halogens is 2. The molecule has 0 aliphatic heterocycles. The maximum Gasteiger partial charge on any atom is 0.140 e. The van der Waals surface area contributed by atoms with E-state index in [1.54, 1.807) is 12.1 Å². The second-order valence-corrected chi connectivity index (χ2v) is 5.61. The summed E-state index contributed by atoms with van der Waals surface area (Å²) < 4.78 is 33.1. The van der Waals surface area contributed by atoms with Gasteiger partial charge in [-0.3, -0.25) is 0 Å². The van der Waals surface area contributed by atoms with E-state index < -0.39 is 11.6 Å². The number of nitrogens with two attached hydrogens (primary N) is 1. The molecule has 1 heterocycles. The van der Waals surface area contributed by atoms with Crippen LogP contribution >= 0.6 is 11.8 Å². The Morgan fingerprint density at radius 3 is 2.55 bits per heavy atom. The Balaban J connectivity index is 2.10. The predicted octanol–water partition coefficient (Wildman–Crippen LogP) is 4.13. The van der Waals surface area contributed by atoms with E-state index in [-0.39, 0.29) is 10.9 Å². The third kappa shape index (κ3) is 3.84. The van der Waals surface area contributed by atoms with E-state index in [4.69, 9.17) is 10.2 Å². The van der Waals surface area contributed by atoms with Gasteiger partial charge in [-0.05, 0) is 42.7 Å². The summed E-state index contributed by atoms with van der Waals surface area (Å²) in [7, 11) is 0. The lowest BCUT2D eigenvalue weighted by Gasteiger charge is -2.11. The van der Waals surface area contributed by atoms with Gasteiger partial charge in [0, 0.05) is 6.04 Å². The quantitative estimate of drug-likeness (QED) is 0.815. The van der Waals surface area contributed by atoms with Crippen LogP contribution in [0.15, 0.2) is 39.8 Å². The van der Waals surface area contributed by atoms with Crippen LogP contribution in [0.3, 0.4) is 0 Å². The van der Waals surface area contributed by atoms with E-state index in [9.17, 15) is 8.78 Å². The highest BCUT2D eigenvalue weighted by Gasteiger charge is 2.14. The summed E-state index contributed by atoms with van der Waals surface area (Å²) in [5.74, 6) is -0.000112. The molecule has 2 nitrogen and oxygen atoms in total. The van der Waals surface area contributed by atoms with Crippen molar-refractivity contribution in [1.29, 1.82) is 0 Å². The van der Waals surface area contributed by atoms with Crippen LogP contribution in [-0.4, -0.2) is 6.04 Å². The molecule has 0 bridgehead atoms. The minimum atomic E-state index is -0.542. The highest BCUT2D eigenvalue weighted by Crippen LogP contribution is 2.29. The Kier molecular flexibility index (Phi) is 5.20. The van der Waals surface area contributed by atoms with Crippen molar-refractivity contribution in [2.75, 3.05) is 0 Å². The molecule has 0 aliphatic carbocycles. The molecule has 108 valence electrons. The molecule has 0 amide bonds. The Bertz CT molecular complexity index is 534.